The van der Waals surface area contributed by atoms with Crippen molar-refractivity contribution in [3.05, 3.63) is 65.2 Å². The Kier molecular flexibility index (Phi) is 5.84. The highest BCUT2D eigenvalue weighted by Crippen LogP contribution is 2.14. The summed E-state index contributed by atoms with van der Waals surface area (Å²) in [5.74, 6) is -0.0911. The molecular formula is C19H21N3O2. The van der Waals surface area contributed by atoms with Gasteiger partial charge >= 0.3 is 0 Å². The third-order valence-electron chi connectivity index (χ3n) is 3.41. The van der Waals surface area contributed by atoms with Gasteiger partial charge in [-0.2, -0.15) is 5.10 Å². The van der Waals surface area contributed by atoms with E-state index >= 15 is 0 Å². The predicted octanol–water partition coefficient (Wildman–Crippen LogP) is 3.07. The molecule has 1 amide bonds. The van der Waals surface area contributed by atoms with Crippen molar-refractivity contribution in [2.75, 3.05) is 5.73 Å². The zero-order valence-corrected chi connectivity index (χ0v) is 13.8. The minimum Gasteiger partial charge on any atom is -0.398 e. The van der Waals surface area contributed by atoms with Crippen LogP contribution in [-0.2, 0) is 6.42 Å². The zero-order chi connectivity index (χ0) is 17.5. The number of carbonyl (C=O) groups excluding carboxylic acids is 2. The highest BCUT2D eigenvalue weighted by molar-refractivity contribution is 6.00. The Balaban J connectivity index is 2.02. The molecular weight excluding hydrogens is 302 g/mol. The van der Waals surface area contributed by atoms with E-state index in [9.17, 15) is 9.59 Å². The Hall–Kier alpha value is -2.95. The molecule has 5 heteroatoms. The van der Waals surface area contributed by atoms with Gasteiger partial charge in [0.05, 0.1) is 0 Å². The molecule has 0 aliphatic carbocycles. The van der Waals surface area contributed by atoms with Crippen LogP contribution in [0.15, 0.2) is 53.6 Å². The van der Waals surface area contributed by atoms with Gasteiger partial charge in [-0.05, 0) is 29.7 Å². The van der Waals surface area contributed by atoms with Crippen LogP contribution in [0.5, 0.6) is 0 Å². The van der Waals surface area contributed by atoms with Gasteiger partial charge in [-0.25, -0.2) is 5.43 Å². The van der Waals surface area contributed by atoms with Crippen LogP contribution in [0.2, 0.25) is 0 Å². The summed E-state index contributed by atoms with van der Waals surface area (Å²) in [6, 6.07) is 13.8. The molecule has 24 heavy (non-hydrogen) atoms. The average Bonchev–Trinajstić information content (AvgIpc) is 2.56. The van der Waals surface area contributed by atoms with Crippen LogP contribution in [0.25, 0.3) is 0 Å². The molecule has 2 aromatic rings. The van der Waals surface area contributed by atoms with Crippen LogP contribution in [0.1, 0.15) is 40.1 Å². The Bertz CT molecular complexity index is 749. The van der Waals surface area contributed by atoms with Crippen LogP contribution in [-0.4, -0.2) is 17.9 Å². The molecule has 0 radical (unpaired) electrons. The van der Waals surface area contributed by atoms with Gasteiger partial charge in [-0.1, -0.05) is 44.2 Å². The molecule has 0 unspecified atom stereocenters. The molecule has 0 fully saturated rings. The van der Waals surface area contributed by atoms with Crippen molar-refractivity contribution in [1.82, 2.24) is 5.43 Å². The van der Waals surface area contributed by atoms with Gasteiger partial charge in [0.15, 0.2) is 5.78 Å². The lowest BCUT2D eigenvalue weighted by atomic mass is 10.0. The maximum atomic E-state index is 12.3. The van der Waals surface area contributed by atoms with E-state index in [0.717, 1.165) is 5.56 Å². The van der Waals surface area contributed by atoms with Gasteiger partial charge in [0.1, 0.15) is 0 Å². The lowest BCUT2D eigenvalue weighted by molar-refractivity contribution is 0.0951. The fraction of sp³-hybridized carbons (Fsp3) is 0.211. The number of hydrogen-bond acceptors (Lipinski definition) is 4. The molecule has 0 spiro atoms. The number of ketones is 1. The largest absolute Gasteiger partial charge is 0.398 e. The molecule has 5 nitrogen and oxygen atoms in total. The maximum Gasteiger partial charge on any atom is 0.271 e. The van der Waals surface area contributed by atoms with Crippen molar-refractivity contribution in [1.29, 1.82) is 0 Å². The summed E-state index contributed by atoms with van der Waals surface area (Å²) in [6.07, 6.45) is 1.89. The number of nitrogens with two attached hydrogens (primary N) is 1. The van der Waals surface area contributed by atoms with Crippen LogP contribution in [0.3, 0.4) is 0 Å². The minimum absolute atomic E-state index is 0.0438. The van der Waals surface area contributed by atoms with Gasteiger partial charge in [-0.3, -0.25) is 9.59 Å². The average molecular weight is 323 g/mol. The number of para-hydroxylation sites is 1. The van der Waals surface area contributed by atoms with Crippen molar-refractivity contribution in [3.63, 3.8) is 0 Å². The lowest BCUT2D eigenvalue weighted by Gasteiger charge is -2.06. The van der Waals surface area contributed by atoms with Gasteiger partial charge in [0.25, 0.3) is 5.91 Å². The topological polar surface area (TPSA) is 84.5 Å². The van der Waals surface area contributed by atoms with Crippen molar-refractivity contribution < 1.29 is 9.59 Å². The van der Waals surface area contributed by atoms with Crippen LogP contribution in [0.4, 0.5) is 5.69 Å². The summed E-state index contributed by atoms with van der Waals surface area (Å²) in [6.45, 7) is 3.94. The number of anilines is 1. The second-order valence-corrected chi connectivity index (χ2v) is 5.84. The molecule has 0 bridgehead atoms. The highest BCUT2D eigenvalue weighted by Gasteiger charge is 2.10. The van der Waals surface area contributed by atoms with E-state index < -0.39 is 0 Å². The number of benzene rings is 2. The number of rotatable bonds is 6. The Morgan fingerprint density at radius 2 is 1.71 bits per heavy atom. The van der Waals surface area contributed by atoms with Gasteiger partial charge in [-0.15, -0.1) is 0 Å². The first-order chi connectivity index (χ1) is 11.5. The van der Waals surface area contributed by atoms with Crippen molar-refractivity contribution in [3.8, 4) is 0 Å². The van der Waals surface area contributed by atoms with Gasteiger partial charge in [0.2, 0.25) is 0 Å². The first-order valence-electron chi connectivity index (χ1n) is 7.77. The molecule has 0 aliphatic heterocycles. The van der Waals surface area contributed by atoms with E-state index in [4.69, 9.17) is 5.73 Å². The summed E-state index contributed by atoms with van der Waals surface area (Å²) in [4.78, 5) is 24.2. The fourth-order valence-electron chi connectivity index (χ4n) is 2.09. The van der Waals surface area contributed by atoms with E-state index in [1.165, 1.54) is 0 Å². The number of nitrogens with one attached hydrogen (secondary N) is 1. The number of amides is 1. The second kappa shape index (κ2) is 8.06. The number of carbonyl (C=O) groups is 2. The molecule has 0 heterocycles. The predicted molar refractivity (Wildman–Crippen MR) is 96.1 cm³/mol. The maximum absolute atomic E-state index is 12.3. The molecule has 2 aromatic carbocycles. The summed E-state index contributed by atoms with van der Waals surface area (Å²) >= 11 is 0. The molecule has 0 saturated carbocycles. The number of nitrogens with zero attached hydrogens (tertiary/aromatic N) is 1. The summed E-state index contributed by atoms with van der Waals surface area (Å²) in [5, 5.41) is 3.86. The van der Waals surface area contributed by atoms with E-state index in [-0.39, 0.29) is 24.0 Å². The van der Waals surface area contributed by atoms with E-state index in [2.05, 4.69) is 10.5 Å². The molecule has 0 atom stereocenters. The molecule has 124 valence electrons. The number of Topliss-reactive ketones (excluding diaryl/α,β-unsaturated/α-hetero) is 1. The summed E-state index contributed by atoms with van der Waals surface area (Å²) < 4.78 is 0. The third-order valence-corrected chi connectivity index (χ3v) is 3.41. The smallest absolute Gasteiger partial charge is 0.271 e. The lowest BCUT2D eigenvalue weighted by Crippen LogP contribution is -2.18. The first-order valence-corrected chi connectivity index (χ1v) is 7.77. The first kappa shape index (κ1) is 17.4. The summed E-state index contributed by atoms with van der Waals surface area (Å²) in [5.41, 5.74) is 10.7. The SMILES string of the molecule is CC(C)/C=N/NC(=O)c1ccc(C(=O)Cc2ccccc2N)cc1. The van der Waals surface area contributed by atoms with E-state index in [1.807, 2.05) is 32.0 Å². The molecule has 0 aliphatic rings. The quantitative estimate of drug-likeness (QED) is 0.371. The minimum atomic E-state index is -0.307. The molecule has 2 rings (SSSR count). The normalized spacial score (nSPS) is 11.0. The molecule has 0 saturated heterocycles. The Morgan fingerprint density at radius 1 is 1.08 bits per heavy atom. The zero-order valence-electron chi connectivity index (χ0n) is 13.8. The standard InChI is InChI=1S/C19H21N3O2/c1-13(2)12-21-22-19(24)15-9-7-14(8-10-15)18(23)11-16-5-3-4-6-17(16)20/h3-10,12-13H,11,20H2,1-2H3,(H,22,24)/b21-12+. The van der Waals surface area contributed by atoms with E-state index in [0.29, 0.717) is 16.8 Å². The summed E-state index contributed by atoms with van der Waals surface area (Å²) in [7, 11) is 0. The van der Waals surface area contributed by atoms with Gasteiger partial charge < -0.3 is 5.73 Å². The molecule has 0 aromatic heterocycles. The number of nitrogen functional groups attached to an aromatic ring is 1. The number of hydrazone groups is 1. The second-order valence-electron chi connectivity index (χ2n) is 5.84. The molecule has 3 N–H and O–H groups in total. The van der Waals surface area contributed by atoms with Crippen molar-refractivity contribution >= 4 is 23.6 Å². The van der Waals surface area contributed by atoms with Crippen LogP contribution < -0.4 is 11.2 Å². The fourth-order valence-corrected chi connectivity index (χ4v) is 2.09. The third kappa shape index (κ3) is 4.78. The van der Waals surface area contributed by atoms with Crippen LogP contribution >= 0.6 is 0 Å². The van der Waals surface area contributed by atoms with E-state index in [1.54, 1.807) is 36.5 Å². The number of hydrogen-bond donors (Lipinski definition) is 2. The van der Waals surface area contributed by atoms with Crippen molar-refractivity contribution in [2.45, 2.75) is 20.3 Å². The van der Waals surface area contributed by atoms with Crippen LogP contribution in [0, 0.1) is 5.92 Å². The Labute approximate surface area is 141 Å². The Morgan fingerprint density at radius 3 is 2.33 bits per heavy atom. The monoisotopic (exact) mass is 323 g/mol. The van der Waals surface area contributed by atoms with Gasteiger partial charge in [0, 0.05) is 29.4 Å². The van der Waals surface area contributed by atoms with Crippen molar-refractivity contribution in [2.24, 2.45) is 11.0 Å². The highest BCUT2D eigenvalue weighted by atomic mass is 16.2.